The number of nitrogens with one attached hydrogen (secondary N) is 4. The molecule has 6 aliphatic rings. The number of thiazole rings is 1. The summed E-state index contributed by atoms with van der Waals surface area (Å²) in [6.45, 7) is 9.60. The Morgan fingerprint density at radius 3 is 2.39 bits per heavy atom. The second kappa shape index (κ2) is 20.6. The molecule has 9 rings (SSSR count). The van der Waals surface area contributed by atoms with Crippen LogP contribution >= 0.6 is 11.3 Å². The zero-order valence-electron chi connectivity index (χ0n) is 37.8. The van der Waals surface area contributed by atoms with Crippen LogP contribution in [0.4, 0.5) is 4.79 Å². The smallest absolute Gasteiger partial charge is 0.318 e. The van der Waals surface area contributed by atoms with Gasteiger partial charge in [-0.15, -0.1) is 11.3 Å². The third-order valence-corrected chi connectivity index (χ3v) is 16.2. The third kappa shape index (κ3) is 11.5. The van der Waals surface area contributed by atoms with Crippen LogP contribution in [0.1, 0.15) is 121 Å². The van der Waals surface area contributed by atoms with E-state index in [1.807, 2.05) is 28.0 Å². The van der Waals surface area contributed by atoms with Crippen molar-refractivity contribution < 1.29 is 32.3 Å². The molecule has 5 unspecified atom stereocenters. The second-order valence-corrected chi connectivity index (χ2v) is 21.4. The number of rotatable bonds is 6. The molecule has 0 radical (unpaired) electrons. The summed E-state index contributed by atoms with van der Waals surface area (Å²) in [6.07, 6.45) is 16.9. The molecule has 5 fully saturated rings. The summed E-state index contributed by atoms with van der Waals surface area (Å²) >= 11 is 1.55. The van der Waals surface area contributed by atoms with Crippen LogP contribution in [0.5, 0.6) is 5.75 Å². The van der Waals surface area contributed by atoms with Crippen molar-refractivity contribution in [2.45, 2.75) is 140 Å². The predicted octanol–water partition coefficient (Wildman–Crippen LogP) is 6.52. The number of aromatic nitrogens is 2. The first-order chi connectivity index (χ1) is 30.6. The molecule has 5 amide bonds. The zero-order valence-corrected chi connectivity index (χ0v) is 39.5. The molecule has 2 saturated heterocycles. The fourth-order valence-electron chi connectivity index (χ4n) is 9.44. The molecule has 6 atom stereocenters. The maximum absolute atomic E-state index is 13.5. The molecule has 348 valence electrons. The van der Waals surface area contributed by atoms with E-state index in [1.54, 1.807) is 35.5 Å². The number of carbonyl (C=O) groups excluding carboxylic acids is 4. The van der Waals surface area contributed by atoms with Crippen molar-refractivity contribution in [1.29, 1.82) is 0 Å². The average molecular weight is 920 g/mol. The minimum Gasteiger partial charge on any atom is -0.496 e. The molecule has 1 aromatic carbocycles. The Balaban J connectivity index is 0.000000165. The molecule has 64 heavy (non-hydrogen) atoms. The summed E-state index contributed by atoms with van der Waals surface area (Å²) in [4.78, 5) is 73.9. The Hall–Kier alpha value is -4.77. The lowest BCUT2D eigenvalue weighted by atomic mass is 10.0. The SMILES string of the molecule is CC(=O)NS(=O)(=O)C1CC1.COc1ccc2c(=O)cc(-c3nc(C(C)C)cs3)[nH]c2c1C.O=C1NC2CC2/C=C\CCCCC[C@H](NC(=O)N2CC3CCCC3C2)C(=O)N2CCCC12. The first-order valence-electron chi connectivity index (χ1n) is 23.1. The number of aryl methyl sites for hydroxylation is 1. The fraction of sp³-hybridized carbons (Fsp3) is 0.617. The van der Waals surface area contributed by atoms with Crippen molar-refractivity contribution in [2.75, 3.05) is 26.7 Å². The number of hydrogen-bond acceptors (Lipinski definition) is 10. The van der Waals surface area contributed by atoms with Crippen molar-refractivity contribution in [3.05, 3.63) is 57.2 Å². The second-order valence-electron chi connectivity index (χ2n) is 18.6. The van der Waals surface area contributed by atoms with E-state index in [0.717, 1.165) is 84.8 Å². The van der Waals surface area contributed by atoms with Gasteiger partial charge < -0.3 is 30.2 Å². The van der Waals surface area contributed by atoms with Crippen LogP contribution in [0.3, 0.4) is 0 Å². The Morgan fingerprint density at radius 1 is 0.969 bits per heavy atom. The lowest BCUT2D eigenvalue weighted by molar-refractivity contribution is -0.140. The van der Waals surface area contributed by atoms with Gasteiger partial charge in [-0.05, 0) is 107 Å². The van der Waals surface area contributed by atoms with Gasteiger partial charge in [-0.25, -0.2) is 18.2 Å². The highest BCUT2D eigenvalue weighted by atomic mass is 32.2. The summed E-state index contributed by atoms with van der Waals surface area (Å²) in [5, 5.41) is 9.49. The van der Waals surface area contributed by atoms with E-state index in [2.05, 4.69) is 46.6 Å². The van der Waals surface area contributed by atoms with Gasteiger partial charge in [0.15, 0.2) is 5.43 Å². The van der Waals surface area contributed by atoms with Crippen molar-refractivity contribution >= 4 is 56.0 Å². The minimum absolute atomic E-state index is 0.00389. The predicted molar refractivity (Wildman–Crippen MR) is 249 cm³/mol. The lowest BCUT2D eigenvalue weighted by Gasteiger charge is -2.30. The van der Waals surface area contributed by atoms with E-state index in [0.29, 0.717) is 61.3 Å². The Labute approximate surface area is 380 Å². The number of allylic oxidation sites excluding steroid dienone is 1. The fourth-order valence-corrected chi connectivity index (χ4v) is 11.7. The van der Waals surface area contributed by atoms with Crippen LogP contribution in [0.25, 0.3) is 21.6 Å². The number of urea groups is 1. The Bertz CT molecular complexity index is 2380. The molecule has 3 aromatic rings. The molecule has 3 aliphatic heterocycles. The molecule has 2 aromatic heterocycles. The van der Waals surface area contributed by atoms with Crippen LogP contribution in [-0.2, 0) is 24.4 Å². The van der Waals surface area contributed by atoms with Crippen LogP contribution in [0.15, 0.2) is 40.5 Å². The molecule has 15 nitrogen and oxygen atoms in total. The summed E-state index contributed by atoms with van der Waals surface area (Å²) in [5.74, 6) is 2.25. The summed E-state index contributed by atoms with van der Waals surface area (Å²) in [5.41, 5.74) is 3.53. The highest BCUT2D eigenvalue weighted by molar-refractivity contribution is 7.90. The molecule has 3 saturated carbocycles. The molecular weight excluding hydrogens is 855 g/mol. The largest absolute Gasteiger partial charge is 0.496 e. The van der Waals surface area contributed by atoms with E-state index in [9.17, 15) is 32.4 Å². The highest BCUT2D eigenvalue weighted by Crippen LogP contribution is 2.38. The number of pyridine rings is 1. The Morgan fingerprint density at radius 2 is 1.72 bits per heavy atom. The van der Waals surface area contributed by atoms with Gasteiger partial charge in [0.2, 0.25) is 27.7 Å². The van der Waals surface area contributed by atoms with Gasteiger partial charge in [-0.2, -0.15) is 0 Å². The van der Waals surface area contributed by atoms with Crippen molar-refractivity contribution in [3.8, 4) is 16.5 Å². The van der Waals surface area contributed by atoms with E-state index < -0.39 is 28.0 Å². The molecule has 0 bridgehead atoms. The van der Waals surface area contributed by atoms with Gasteiger partial charge in [-0.3, -0.25) is 23.9 Å². The van der Waals surface area contributed by atoms with Crippen LogP contribution in [-0.4, -0.2) is 102 Å². The van der Waals surface area contributed by atoms with Gasteiger partial charge in [0.05, 0.1) is 29.3 Å². The van der Waals surface area contributed by atoms with Gasteiger partial charge in [0.1, 0.15) is 22.8 Å². The summed E-state index contributed by atoms with van der Waals surface area (Å²) < 4.78 is 29.0. The normalized spacial score (nSPS) is 26.2. The number of hydrogen-bond donors (Lipinski definition) is 4. The topological polar surface area (TPSA) is 200 Å². The molecule has 0 spiro atoms. The highest BCUT2D eigenvalue weighted by Gasteiger charge is 2.43. The van der Waals surface area contributed by atoms with Gasteiger partial charge >= 0.3 is 6.03 Å². The summed E-state index contributed by atoms with van der Waals surface area (Å²) in [6, 6.07) is 4.43. The minimum atomic E-state index is -3.29. The number of H-pyrrole nitrogens is 1. The number of amides is 5. The first-order valence-corrected chi connectivity index (χ1v) is 25.6. The van der Waals surface area contributed by atoms with Crippen molar-refractivity contribution in [2.24, 2.45) is 17.8 Å². The number of ether oxygens (including phenoxy) is 1. The van der Waals surface area contributed by atoms with Crippen molar-refractivity contribution in [3.63, 3.8) is 0 Å². The number of carbonyl (C=O) groups is 4. The molecule has 3 aliphatic carbocycles. The maximum Gasteiger partial charge on any atom is 0.318 e. The van der Waals surface area contributed by atoms with E-state index in [1.165, 1.54) is 26.2 Å². The van der Waals surface area contributed by atoms with Crippen LogP contribution < -0.4 is 25.5 Å². The molecule has 5 heterocycles. The average Bonchev–Trinajstić information content (AvgIpc) is 3.92. The molecular formula is C47H65N7O8S2. The van der Waals surface area contributed by atoms with E-state index >= 15 is 0 Å². The standard InChI is InChI=1S/C25H38N4O3.C17H18N2O2S.C5H9NO3S/c30-23-22-12-7-13-29(22)24(31)20(11-5-3-1-2-4-8-17-14-21(17)26-23)27-25(32)28-15-18-9-6-10-19(18)16-28;1-9(2)13-8-22-17(19-13)12-7-14(20)11-5-6-15(21-4)10(3)16(11)18-12;1-4(7)6-10(8,9)5-2-3-5/h4,8,17-22H,1-3,5-7,9-16H2,(H,26,30)(H,27,32);5-9H,1-4H3,(H,18,20);5H,2-3H2,1H3,(H,6,7)/b8-4-;;/t17?,18?,19?,20-,21?,22?;;/m0../s1. The van der Waals surface area contributed by atoms with Gasteiger partial charge in [0.25, 0.3) is 0 Å². The lowest BCUT2D eigenvalue weighted by Crippen LogP contribution is -2.55. The van der Waals surface area contributed by atoms with E-state index in [4.69, 9.17) is 4.74 Å². The maximum atomic E-state index is 13.5. The molecule has 4 N–H and O–H groups in total. The first kappa shape index (κ1) is 47.2. The number of aromatic amines is 1. The number of sulfonamides is 1. The van der Waals surface area contributed by atoms with Crippen LogP contribution in [0.2, 0.25) is 0 Å². The van der Waals surface area contributed by atoms with Gasteiger partial charge in [0, 0.05) is 55.0 Å². The quantitative estimate of drug-likeness (QED) is 0.199. The summed E-state index contributed by atoms with van der Waals surface area (Å²) in [7, 11) is -1.66. The van der Waals surface area contributed by atoms with E-state index in [-0.39, 0.29) is 34.6 Å². The third-order valence-electron chi connectivity index (χ3n) is 13.4. The molecule has 17 heteroatoms. The number of nitrogens with zero attached hydrogens (tertiary/aromatic N) is 3. The van der Waals surface area contributed by atoms with Crippen molar-refractivity contribution in [1.82, 2.24) is 35.1 Å². The van der Waals surface area contributed by atoms with Crippen LogP contribution in [0, 0.1) is 24.7 Å². The Kier molecular flexibility index (Phi) is 15.2. The zero-order chi connectivity index (χ0) is 45.7. The number of benzene rings is 1. The number of fused-ring (bicyclic) bond motifs is 4. The number of methoxy groups -OCH3 is 1. The van der Waals surface area contributed by atoms with Gasteiger partial charge in [-0.1, -0.05) is 45.3 Å². The number of likely N-dealkylation sites (tertiary alicyclic amines) is 1. The monoisotopic (exact) mass is 919 g/mol.